The molecule has 2 aromatic carbocycles. The molecule has 1 N–H and O–H groups in total. The van der Waals surface area contributed by atoms with Gasteiger partial charge in [0.25, 0.3) is 5.91 Å². The Morgan fingerprint density at radius 2 is 2.00 bits per heavy atom. The summed E-state index contributed by atoms with van der Waals surface area (Å²) in [4.78, 5) is 24.7. The van der Waals surface area contributed by atoms with Gasteiger partial charge in [0, 0.05) is 12.2 Å². The largest absolute Gasteiger partial charge is 0.496 e. The number of aryl methyl sites for hydroxylation is 1. The van der Waals surface area contributed by atoms with E-state index in [-0.39, 0.29) is 18.6 Å². The number of ether oxygens (including phenoxy) is 3. The molecule has 1 aliphatic carbocycles. The van der Waals surface area contributed by atoms with Crippen molar-refractivity contribution in [1.29, 1.82) is 0 Å². The molecule has 0 saturated heterocycles. The second-order valence-electron chi connectivity index (χ2n) is 6.95. The zero-order valence-electron chi connectivity index (χ0n) is 16.9. The molecular formula is C23H27NO5. The van der Waals surface area contributed by atoms with Gasteiger partial charge >= 0.3 is 5.97 Å². The Labute approximate surface area is 171 Å². The van der Waals surface area contributed by atoms with Crippen LogP contribution in [0.1, 0.15) is 52.9 Å². The van der Waals surface area contributed by atoms with Crippen LogP contribution in [0.25, 0.3) is 0 Å². The molecule has 154 valence electrons. The molecule has 0 saturated carbocycles. The van der Waals surface area contributed by atoms with E-state index < -0.39 is 5.97 Å². The predicted molar refractivity (Wildman–Crippen MR) is 109 cm³/mol. The number of esters is 1. The van der Waals surface area contributed by atoms with Crippen LogP contribution in [0.3, 0.4) is 0 Å². The molecule has 3 rings (SSSR count). The summed E-state index contributed by atoms with van der Waals surface area (Å²) >= 11 is 0. The van der Waals surface area contributed by atoms with Crippen LogP contribution in [-0.2, 0) is 27.3 Å². The third kappa shape index (κ3) is 5.35. The lowest BCUT2D eigenvalue weighted by Crippen LogP contribution is -2.34. The van der Waals surface area contributed by atoms with Crippen LogP contribution in [-0.4, -0.2) is 32.2 Å². The van der Waals surface area contributed by atoms with Crippen molar-refractivity contribution in [2.24, 2.45) is 0 Å². The smallest absolute Gasteiger partial charge is 0.338 e. The maximum absolute atomic E-state index is 12.4. The minimum Gasteiger partial charge on any atom is -0.496 e. The average Bonchev–Trinajstić information content (AvgIpc) is 2.76. The molecule has 0 heterocycles. The van der Waals surface area contributed by atoms with E-state index in [1.165, 1.54) is 5.56 Å². The quantitative estimate of drug-likeness (QED) is 0.689. The van der Waals surface area contributed by atoms with Crippen molar-refractivity contribution in [3.63, 3.8) is 0 Å². The third-order valence-corrected chi connectivity index (χ3v) is 5.02. The first-order valence-electron chi connectivity index (χ1n) is 9.91. The number of carbonyl (C=O) groups is 2. The van der Waals surface area contributed by atoms with Gasteiger partial charge in [-0.2, -0.15) is 0 Å². The third-order valence-electron chi connectivity index (χ3n) is 5.02. The van der Waals surface area contributed by atoms with Gasteiger partial charge in [0.05, 0.1) is 25.3 Å². The molecule has 1 atom stereocenters. The van der Waals surface area contributed by atoms with Crippen molar-refractivity contribution in [3.05, 3.63) is 64.7 Å². The molecule has 1 aliphatic rings. The van der Waals surface area contributed by atoms with Gasteiger partial charge in [-0.05, 0) is 55.5 Å². The van der Waals surface area contributed by atoms with Crippen LogP contribution in [0.15, 0.2) is 42.5 Å². The first kappa shape index (κ1) is 20.9. The van der Waals surface area contributed by atoms with Crippen molar-refractivity contribution in [1.82, 2.24) is 5.32 Å². The van der Waals surface area contributed by atoms with E-state index in [2.05, 4.69) is 11.4 Å². The molecule has 1 amide bonds. The summed E-state index contributed by atoms with van der Waals surface area (Å²) in [5.74, 6) is -0.212. The fourth-order valence-corrected chi connectivity index (χ4v) is 3.58. The van der Waals surface area contributed by atoms with Gasteiger partial charge < -0.3 is 19.5 Å². The molecule has 0 fully saturated rings. The number of hydrogen-bond donors (Lipinski definition) is 1. The number of benzene rings is 2. The topological polar surface area (TPSA) is 73.9 Å². The van der Waals surface area contributed by atoms with E-state index >= 15 is 0 Å². The Hall–Kier alpha value is -2.86. The van der Waals surface area contributed by atoms with Crippen LogP contribution < -0.4 is 10.1 Å². The Morgan fingerprint density at radius 1 is 1.17 bits per heavy atom. The minimum absolute atomic E-state index is 0.0371. The van der Waals surface area contributed by atoms with Gasteiger partial charge in [0.1, 0.15) is 5.75 Å². The molecule has 0 aromatic heterocycles. The summed E-state index contributed by atoms with van der Waals surface area (Å²) in [6.45, 7) is 2.48. The number of amides is 1. The van der Waals surface area contributed by atoms with E-state index in [0.717, 1.165) is 30.4 Å². The van der Waals surface area contributed by atoms with Crippen LogP contribution in [0, 0.1) is 0 Å². The highest BCUT2D eigenvalue weighted by Crippen LogP contribution is 2.29. The highest BCUT2D eigenvalue weighted by atomic mass is 16.5. The van der Waals surface area contributed by atoms with Gasteiger partial charge in [0.2, 0.25) is 0 Å². The van der Waals surface area contributed by atoms with Crippen molar-refractivity contribution >= 4 is 11.9 Å². The Morgan fingerprint density at radius 3 is 2.79 bits per heavy atom. The van der Waals surface area contributed by atoms with Crippen molar-refractivity contribution in [2.75, 3.05) is 20.3 Å². The highest BCUT2D eigenvalue weighted by molar-refractivity contribution is 5.91. The number of fused-ring (bicyclic) bond motifs is 1. The second-order valence-corrected chi connectivity index (χ2v) is 6.95. The molecule has 6 heteroatoms. The van der Waals surface area contributed by atoms with E-state index in [1.54, 1.807) is 25.3 Å². The van der Waals surface area contributed by atoms with E-state index in [1.807, 2.05) is 25.1 Å². The summed E-state index contributed by atoms with van der Waals surface area (Å²) in [6, 6.07) is 13.1. The number of nitrogens with one attached hydrogen (secondary N) is 1. The number of rotatable bonds is 8. The average molecular weight is 397 g/mol. The summed E-state index contributed by atoms with van der Waals surface area (Å²) in [7, 11) is 1.57. The zero-order chi connectivity index (χ0) is 20.6. The lowest BCUT2D eigenvalue weighted by atomic mass is 9.88. The SMILES string of the molecule is CCOCc1cc(C(=O)OCC(=O)N[C@@H]2CCCc3ccccc32)ccc1OC. The maximum atomic E-state index is 12.4. The van der Waals surface area contributed by atoms with E-state index in [4.69, 9.17) is 14.2 Å². The number of carbonyl (C=O) groups excluding carboxylic acids is 2. The van der Waals surface area contributed by atoms with E-state index in [0.29, 0.717) is 24.5 Å². The predicted octanol–water partition coefficient (Wildman–Crippen LogP) is 3.58. The number of methoxy groups -OCH3 is 1. The summed E-state index contributed by atoms with van der Waals surface area (Å²) in [5.41, 5.74) is 3.53. The Kier molecular flexibility index (Phi) is 7.25. The lowest BCUT2D eigenvalue weighted by Gasteiger charge is -2.26. The van der Waals surface area contributed by atoms with Crippen molar-refractivity contribution < 1.29 is 23.8 Å². The highest BCUT2D eigenvalue weighted by Gasteiger charge is 2.22. The monoisotopic (exact) mass is 397 g/mol. The Balaban J connectivity index is 1.57. The lowest BCUT2D eigenvalue weighted by molar-refractivity contribution is -0.125. The fourth-order valence-electron chi connectivity index (χ4n) is 3.58. The van der Waals surface area contributed by atoms with Crippen LogP contribution in [0.4, 0.5) is 0 Å². The van der Waals surface area contributed by atoms with E-state index in [9.17, 15) is 9.59 Å². The van der Waals surface area contributed by atoms with Crippen molar-refractivity contribution in [3.8, 4) is 5.75 Å². The van der Waals surface area contributed by atoms with Gasteiger partial charge in [-0.3, -0.25) is 4.79 Å². The molecule has 29 heavy (non-hydrogen) atoms. The molecule has 0 radical (unpaired) electrons. The van der Waals surface area contributed by atoms with Gasteiger partial charge in [-0.1, -0.05) is 24.3 Å². The summed E-state index contributed by atoms with van der Waals surface area (Å²) in [5, 5.41) is 2.98. The molecule has 2 aromatic rings. The van der Waals surface area contributed by atoms with Crippen LogP contribution >= 0.6 is 0 Å². The molecule has 6 nitrogen and oxygen atoms in total. The van der Waals surface area contributed by atoms with Crippen LogP contribution in [0.2, 0.25) is 0 Å². The first-order chi connectivity index (χ1) is 14.1. The second kappa shape index (κ2) is 10.1. The fraction of sp³-hybridized carbons (Fsp3) is 0.391. The normalized spacial score (nSPS) is 15.3. The minimum atomic E-state index is -0.551. The standard InChI is InChI=1S/C23H27NO5/c1-3-28-14-18-13-17(11-12-21(18)27-2)23(26)29-15-22(25)24-20-10-6-8-16-7-4-5-9-19(16)20/h4-5,7,9,11-13,20H,3,6,8,10,14-15H2,1-2H3,(H,24,25)/t20-/m1/s1. The first-order valence-corrected chi connectivity index (χ1v) is 9.91. The molecule has 0 unspecified atom stereocenters. The molecule has 0 spiro atoms. The van der Waals surface area contributed by atoms with Crippen LogP contribution in [0.5, 0.6) is 5.75 Å². The summed E-state index contributed by atoms with van der Waals surface area (Å²) in [6.07, 6.45) is 2.94. The van der Waals surface area contributed by atoms with Gasteiger partial charge in [0.15, 0.2) is 6.61 Å². The summed E-state index contributed by atoms with van der Waals surface area (Å²) < 4.78 is 15.9. The maximum Gasteiger partial charge on any atom is 0.338 e. The Bertz CT molecular complexity index is 864. The van der Waals surface area contributed by atoms with Gasteiger partial charge in [-0.25, -0.2) is 4.79 Å². The zero-order valence-corrected chi connectivity index (χ0v) is 16.9. The van der Waals surface area contributed by atoms with Crippen molar-refractivity contribution in [2.45, 2.75) is 38.8 Å². The molecule has 0 aliphatic heterocycles. The number of hydrogen-bond acceptors (Lipinski definition) is 5. The molecule has 0 bridgehead atoms. The molecular weight excluding hydrogens is 370 g/mol. The van der Waals surface area contributed by atoms with Gasteiger partial charge in [-0.15, -0.1) is 0 Å².